The lowest BCUT2D eigenvalue weighted by Crippen LogP contribution is -2.40. The fourth-order valence-electron chi connectivity index (χ4n) is 4.18. The van der Waals surface area contributed by atoms with Crippen LogP contribution < -0.4 is 5.32 Å². The van der Waals surface area contributed by atoms with Crippen molar-refractivity contribution in [3.63, 3.8) is 0 Å². The normalized spacial score (nSPS) is 18.9. The van der Waals surface area contributed by atoms with Gasteiger partial charge >= 0.3 is 0 Å². The number of ether oxygens (including phenoxy) is 1. The van der Waals surface area contributed by atoms with E-state index in [1.807, 2.05) is 28.8 Å². The second kappa shape index (κ2) is 9.31. The van der Waals surface area contributed by atoms with Crippen LogP contribution in [-0.4, -0.2) is 52.8 Å². The number of fused-ring (bicyclic) bond motifs is 1. The number of hydrogen-bond acceptors (Lipinski definition) is 5. The third-order valence-corrected chi connectivity index (χ3v) is 7.14. The summed E-state index contributed by atoms with van der Waals surface area (Å²) in [5.74, 6) is 0.151. The summed E-state index contributed by atoms with van der Waals surface area (Å²) in [6.07, 6.45) is 5.47. The first-order chi connectivity index (χ1) is 14.5. The summed E-state index contributed by atoms with van der Waals surface area (Å²) in [6, 6.07) is 2.01. The highest BCUT2D eigenvalue weighted by Gasteiger charge is 2.29. The van der Waals surface area contributed by atoms with E-state index in [0.717, 1.165) is 47.5 Å². The fraction of sp³-hybridized carbons (Fsp3) is 0.591. The van der Waals surface area contributed by atoms with Crippen molar-refractivity contribution in [3.05, 3.63) is 38.8 Å². The highest BCUT2D eigenvalue weighted by molar-refractivity contribution is 7.14. The van der Waals surface area contributed by atoms with E-state index < -0.39 is 0 Å². The Morgan fingerprint density at radius 3 is 2.90 bits per heavy atom. The van der Waals surface area contributed by atoms with Gasteiger partial charge in [-0.1, -0.05) is 6.92 Å². The van der Waals surface area contributed by atoms with Crippen LogP contribution in [0.15, 0.2) is 12.3 Å². The van der Waals surface area contributed by atoms with Gasteiger partial charge in [-0.05, 0) is 44.2 Å². The Bertz CT molecular complexity index is 914. The lowest BCUT2D eigenvalue weighted by molar-refractivity contribution is -0.125. The highest BCUT2D eigenvalue weighted by Crippen LogP contribution is 2.33. The number of amides is 2. The Morgan fingerprint density at radius 2 is 2.13 bits per heavy atom. The summed E-state index contributed by atoms with van der Waals surface area (Å²) >= 11 is 1.60. The second-order valence-corrected chi connectivity index (χ2v) is 9.26. The number of hydrogen-bond donors (Lipinski definition) is 1. The van der Waals surface area contributed by atoms with Crippen molar-refractivity contribution in [1.82, 2.24) is 20.0 Å². The summed E-state index contributed by atoms with van der Waals surface area (Å²) in [4.78, 5) is 29.5. The molecule has 1 saturated heterocycles. The van der Waals surface area contributed by atoms with Crippen LogP contribution in [-0.2, 0) is 35.5 Å². The van der Waals surface area contributed by atoms with Crippen molar-refractivity contribution in [2.75, 3.05) is 26.3 Å². The molecular formula is C22H30N4O3S. The van der Waals surface area contributed by atoms with Gasteiger partial charge in [0.1, 0.15) is 0 Å². The Balaban J connectivity index is 1.35. The molecule has 0 aromatic carbocycles. The monoisotopic (exact) mass is 430 g/mol. The van der Waals surface area contributed by atoms with Crippen LogP contribution in [0.5, 0.6) is 0 Å². The van der Waals surface area contributed by atoms with Gasteiger partial charge in [0.05, 0.1) is 23.8 Å². The first kappa shape index (κ1) is 21.1. The van der Waals surface area contributed by atoms with Crippen LogP contribution in [0.2, 0.25) is 0 Å². The maximum Gasteiger partial charge on any atom is 0.264 e. The Morgan fingerprint density at radius 1 is 1.33 bits per heavy atom. The van der Waals surface area contributed by atoms with Crippen LogP contribution in [0.1, 0.15) is 51.1 Å². The molecule has 1 aliphatic heterocycles. The minimum absolute atomic E-state index is 0.0376. The van der Waals surface area contributed by atoms with E-state index in [0.29, 0.717) is 39.3 Å². The van der Waals surface area contributed by atoms with Gasteiger partial charge in [0, 0.05) is 48.7 Å². The molecule has 162 valence electrons. The molecule has 8 heteroatoms. The summed E-state index contributed by atoms with van der Waals surface area (Å²) in [6.45, 7) is 8.04. The zero-order chi connectivity index (χ0) is 21.1. The van der Waals surface area contributed by atoms with Crippen LogP contribution in [0.3, 0.4) is 0 Å². The first-order valence-electron chi connectivity index (χ1n) is 10.8. The molecule has 0 unspecified atom stereocenters. The van der Waals surface area contributed by atoms with Gasteiger partial charge in [0.25, 0.3) is 5.91 Å². The summed E-state index contributed by atoms with van der Waals surface area (Å²) in [5.41, 5.74) is 3.20. The van der Waals surface area contributed by atoms with Crippen LogP contribution in [0.4, 0.5) is 0 Å². The number of nitrogens with zero attached hydrogens (tertiary/aromatic N) is 3. The van der Waals surface area contributed by atoms with Crippen LogP contribution >= 0.6 is 11.3 Å². The second-order valence-electron chi connectivity index (χ2n) is 8.12. The molecule has 3 heterocycles. The molecule has 1 fully saturated rings. The number of rotatable bonds is 6. The topological polar surface area (TPSA) is 76.5 Å². The highest BCUT2D eigenvalue weighted by atomic mass is 32.1. The Kier molecular flexibility index (Phi) is 6.53. The summed E-state index contributed by atoms with van der Waals surface area (Å²) in [7, 11) is 0. The summed E-state index contributed by atoms with van der Waals surface area (Å²) < 4.78 is 7.29. The zero-order valence-electron chi connectivity index (χ0n) is 17.8. The molecule has 2 aliphatic rings. The van der Waals surface area contributed by atoms with Gasteiger partial charge in [-0.3, -0.25) is 14.3 Å². The summed E-state index contributed by atoms with van der Waals surface area (Å²) in [5, 5.41) is 7.60. The number of aromatic nitrogens is 2. The van der Waals surface area contributed by atoms with Crippen molar-refractivity contribution in [2.24, 2.45) is 5.92 Å². The first-order valence-corrected chi connectivity index (χ1v) is 11.7. The van der Waals surface area contributed by atoms with Gasteiger partial charge in [-0.15, -0.1) is 11.3 Å². The maximum atomic E-state index is 12.8. The predicted octanol–water partition coefficient (Wildman–Crippen LogP) is 2.56. The van der Waals surface area contributed by atoms with Gasteiger partial charge in [-0.25, -0.2) is 0 Å². The minimum Gasteiger partial charge on any atom is -0.378 e. The molecule has 0 spiro atoms. The Labute approximate surface area is 181 Å². The number of thiophene rings is 1. The molecule has 2 aromatic heterocycles. The molecule has 1 aliphatic carbocycles. The third kappa shape index (κ3) is 4.59. The number of morpholine rings is 1. The van der Waals surface area contributed by atoms with Crippen LogP contribution in [0, 0.1) is 12.8 Å². The van der Waals surface area contributed by atoms with E-state index in [2.05, 4.69) is 17.3 Å². The van der Waals surface area contributed by atoms with Crippen molar-refractivity contribution in [1.29, 1.82) is 0 Å². The number of aryl methyl sites for hydroxylation is 3. The maximum absolute atomic E-state index is 12.8. The third-order valence-electron chi connectivity index (χ3n) is 5.92. The van der Waals surface area contributed by atoms with E-state index in [1.165, 1.54) is 4.88 Å². The van der Waals surface area contributed by atoms with Gasteiger partial charge < -0.3 is 15.0 Å². The molecule has 2 amide bonds. The SMILES string of the molecule is CCCn1cc(CNC(=O)[C@H]2CCc3sc(C(=O)N4CCOCC4)cc3C2)c(C)n1. The van der Waals surface area contributed by atoms with Crippen LogP contribution in [0.25, 0.3) is 0 Å². The van der Waals surface area contributed by atoms with E-state index >= 15 is 0 Å². The molecule has 1 atom stereocenters. The number of carbonyl (C=O) groups is 2. The Hall–Kier alpha value is -2.19. The molecule has 1 N–H and O–H groups in total. The van der Waals surface area contributed by atoms with Crippen molar-refractivity contribution in [3.8, 4) is 0 Å². The van der Waals surface area contributed by atoms with E-state index in [4.69, 9.17) is 4.74 Å². The molecule has 30 heavy (non-hydrogen) atoms. The van der Waals surface area contributed by atoms with E-state index in [-0.39, 0.29) is 17.7 Å². The predicted molar refractivity (Wildman–Crippen MR) is 116 cm³/mol. The smallest absolute Gasteiger partial charge is 0.264 e. The lowest BCUT2D eigenvalue weighted by atomic mass is 9.87. The fourth-order valence-corrected chi connectivity index (χ4v) is 5.35. The van der Waals surface area contributed by atoms with Crippen molar-refractivity contribution < 1.29 is 14.3 Å². The van der Waals surface area contributed by atoms with E-state index in [1.54, 1.807) is 11.3 Å². The van der Waals surface area contributed by atoms with Crippen molar-refractivity contribution in [2.45, 2.75) is 52.6 Å². The average Bonchev–Trinajstić information content (AvgIpc) is 3.34. The van der Waals surface area contributed by atoms with Gasteiger partial charge in [0.15, 0.2) is 0 Å². The lowest BCUT2D eigenvalue weighted by Gasteiger charge is -2.26. The largest absolute Gasteiger partial charge is 0.378 e. The number of carbonyl (C=O) groups excluding carboxylic acids is 2. The molecule has 4 rings (SSSR count). The standard InChI is InChI=1S/C22H30N4O3S/c1-3-6-26-14-18(15(2)24-26)13-23-21(27)16-4-5-19-17(11-16)12-20(30-19)22(28)25-7-9-29-10-8-25/h12,14,16H,3-11,13H2,1-2H3,(H,23,27)/t16-/m0/s1. The van der Waals surface area contributed by atoms with Gasteiger partial charge in [-0.2, -0.15) is 5.10 Å². The zero-order valence-corrected chi connectivity index (χ0v) is 18.6. The minimum atomic E-state index is -0.0376. The molecule has 0 bridgehead atoms. The molecule has 0 saturated carbocycles. The van der Waals surface area contributed by atoms with Crippen molar-refractivity contribution >= 4 is 23.2 Å². The quantitative estimate of drug-likeness (QED) is 0.764. The average molecular weight is 431 g/mol. The molecule has 7 nitrogen and oxygen atoms in total. The van der Waals surface area contributed by atoms with E-state index in [9.17, 15) is 9.59 Å². The molecule has 0 radical (unpaired) electrons. The molecular weight excluding hydrogens is 400 g/mol. The molecule has 2 aromatic rings. The van der Waals surface area contributed by atoms with Gasteiger partial charge in [0.2, 0.25) is 5.91 Å². The number of nitrogens with one attached hydrogen (secondary N) is 1.